The Kier molecular flexibility index (Phi) is 5.43. The minimum Gasteiger partial charge on any atom is -0.378 e. The van der Waals surface area contributed by atoms with Gasteiger partial charge in [-0.25, -0.2) is 4.39 Å². The van der Waals surface area contributed by atoms with E-state index in [-0.39, 0.29) is 11.7 Å². The molecule has 1 amide bonds. The van der Waals surface area contributed by atoms with Gasteiger partial charge in [0.05, 0.1) is 24.6 Å². The Labute approximate surface area is 141 Å². The van der Waals surface area contributed by atoms with Crippen LogP contribution in [0.2, 0.25) is 0 Å². The number of halogens is 1. The number of para-hydroxylation sites is 2. The second kappa shape index (κ2) is 7.93. The minimum atomic E-state index is -0.261. The van der Waals surface area contributed by atoms with Gasteiger partial charge in [-0.2, -0.15) is 0 Å². The van der Waals surface area contributed by atoms with E-state index in [1.54, 1.807) is 12.1 Å². The van der Waals surface area contributed by atoms with Crippen molar-refractivity contribution in [3.05, 3.63) is 59.9 Å². The molecule has 126 valence electrons. The molecule has 0 radical (unpaired) electrons. The molecule has 0 atom stereocenters. The van der Waals surface area contributed by atoms with E-state index < -0.39 is 0 Å². The van der Waals surface area contributed by atoms with Crippen LogP contribution in [-0.4, -0.2) is 32.2 Å². The molecule has 0 bridgehead atoms. The normalized spacial score (nSPS) is 14.5. The topological polar surface area (TPSA) is 41.6 Å². The van der Waals surface area contributed by atoms with Gasteiger partial charge in [0.15, 0.2) is 0 Å². The third-order valence-electron chi connectivity index (χ3n) is 4.08. The largest absolute Gasteiger partial charge is 0.378 e. The average Bonchev–Trinajstić information content (AvgIpc) is 2.62. The maximum absolute atomic E-state index is 12.9. The van der Waals surface area contributed by atoms with Crippen LogP contribution < -0.4 is 10.2 Å². The molecule has 1 heterocycles. The molecular weight excluding hydrogens is 307 g/mol. The van der Waals surface area contributed by atoms with Gasteiger partial charge in [0, 0.05) is 19.5 Å². The fourth-order valence-corrected chi connectivity index (χ4v) is 2.78. The zero-order valence-corrected chi connectivity index (χ0v) is 13.5. The van der Waals surface area contributed by atoms with Crippen LogP contribution in [0.4, 0.5) is 15.8 Å². The summed E-state index contributed by atoms with van der Waals surface area (Å²) in [6, 6.07) is 14.1. The van der Waals surface area contributed by atoms with Crippen molar-refractivity contribution < 1.29 is 13.9 Å². The summed E-state index contributed by atoms with van der Waals surface area (Å²) in [5.41, 5.74) is 2.80. The van der Waals surface area contributed by atoms with Gasteiger partial charge in [-0.1, -0.05) is 24.3 Å². The first-order chi connectivity index (χ1) is 11.7. The van der Waals surface area contributed by atoms with Crippen molar-refractivity contribution in [1.29, 1.82) is 0 Å². The number of nitrogens with one attached hydrogen (secondary N) is 1. The lowest BCUT2D eigenvalue weighted by Crippen LogP contribution is -2.36. The van der Waals surface area contributed by atoms with E-state index in [0.29, 0.717) is 26.1 Å². The molecule has 1 N–H and O–H groups in total. The maximum Gasteiger partial charge on any atom is 0.224 e. The molecule has 0 saturated carbocycles. The lowest BCUT2D eigenvalue weighted by Gasteiger charge is -2.30. The van der Waals surface area contributed by atoms with Gasteiger partial charge in [0.2, 0.25) is 5.91 Å². The van der Waals surface area contributed by atoms with Gasteiger partial charge >= 0.3 is 0 Å². The number of hydrogen-bond acceptors (Lipinski definition) is 3. The number of anilines is 2. The molecule has 24 heavy (non-hydrogen) atoms. The van der Waals surface area contributed by atoms with Crippen LogP contribution in [0.1, 0.15) is 12.0 Å². The molecule has 0 aliphatic carbocycles. The molecule has 5 heteroatoms. The van der Waals surface area contributed by atoms with Crippen molar-refractivity contribution in [1.82, 2.24) is 0 Å². The Balaban J connectivity index is 1.60. The number of aryl methyl sites for hydroxylation is 1. The summed E-state index contributed by atoms with van der Waals surface area (Å²) in [7, 11) is 0. The zero-order chi connectivity index (χ0) is 16.8. The summed E-state index contributed by atoms with van der Waals surface area (Å²) < 4.78 is 18.3. The molecule has 1 saturated heterocycles. The number of morpholine rings is 1. The third-order valence-corrected chi connectivity index (χ3v) is 4.08. The Hall–Kier alpha value is -2.40. The highest BCUT2D eigenvalue weighted by Gasteiger charge is 2.15. The van der Waals surface area contributed by atoms with Crippen LogP contribution in [0.5, 0.6) is 0 Å². The van der Waals surface area contributed by atoms with Crippen molar-refractivity contribution in [2.45, 2.75) is 12.8 Å². The molecule has 1 aliphatic rings. The predicted octanol–water partition coefficient (Wildman–Crippen LogP) is 3.23. The van der Waals surface area contributed by atoms with E-state index in [1.807, 2.05) is 24.3 Å². The van der Waals surface area contributed by atoms with Crippen LogP contribution in [-0.2, 0) is 16.0 Å². The van der Waals surface area contributed by atoms with Crippen LogP contribution in [0, 0.1) is 5.82 Å². The van der Waals surface area contributed by atoms with Gasteiger partial charge < -0.3 is 15.0 Å². The standard InChI is InChI=1S/C19H21FN2O2/c20-16-8-5-15(6-9-16)7-10-19(23)21-17-3-1-2-4-18(17)22-11-13-24-14-12-22/h1-6,8-9H,7,10-14H2,(H,21,23). The summed E-state index contributed by atoms with van der Waals surface area (Å²) in [6.45, 7) is 3.05. The number of ether oxygens (including phenoxy) is 1. The predicted molar refractivity (Wildman–Crippen MR) is 92.8 cm³/mol. The van der Waals surface area contributed by atoms with Gasteiger partial charge in [-0.3, -0.25) is 4.79 Å². The second-order valence-electron chi connectivity index (χ2n) is 5.79. The molecule has 0 unspecified atom stereocenters. The molecule has 0 aromatic heterocycles. The SMILES string of the molecule is O=C(CCc1ccc(F)cc1)Nc1ccccc1N1CCOCC1. The number of amides is 1. The van der Waals surface area contributed by atoms with E-state index in [2.05, 4.69) is 10.2 Å². The molecule has 4 nitrogen and oxygen atoms in total. The molecule has 2 aromatic carbocycles. The van der Waals surface area contributed by atoms with Crippen LogP contribution in [0.25, 0.3) is 0 Å². The summed E-state index contributed by atoms with van der Waals surface area (Å²) in [6.07, 6.45) is 0.953. The van der Waals surface area contributed by atoms with Crippen LogP contribution >= 0.6 is 0 Å². The van der Waals surface area contributed by atoms with Gasteiger partial charge in [-0.05, 0) is 36.2 Å². The summed E-state index contributed by atoms with van der Waals surface area (Å²) in [5.74, 6) is -0.303. The number of hydrogen-bond donors (Lipinski definition) is 1. The average molecular weight is 328 g/mol. The number of carbonyl (C=O) groups excluding carboxylic acids is 1. The van der Waals surface area contributed by atoms with Crippen molar-refractivity contribution in [2.75, 3.05) is 36.5 Å². The van der Waals surface area contributed by atoms with E-state index in [0.717, 1.165) is 30.0 Å². The first-order valence-electron chi connectivity index (χ1n) is 8.18. The molecule has 1 aliphatic heterocycles. The highest BCUT2D eigenvalue weighted by Crippen LogP contribution is 2.26. The monoisotopic (exact) mass is 328 g/mol. The first-order valence-corrected chi connectivity index (χ1v) is 8.18. The van der Waals surface area contributed by atoms with Crippen molar-refractivity contribution in [3.63, 3.8) is 0 Å². The Morgan fingerprint density at radius 3 is 2.54 bits per heavy atom. The zero-order valence-electron chi connectivity index (χ0n) is 13.5. The van der Waals surface area contributed by atoms with Crippen LogP contribution in [0.3, 0.4) is 0 Å². The van der Waals surface area contributed by atoms with E-state index in [4.69, 9.17) is 4.74 Å². The molecule has 3 rings (SSSR count). The van der Waals surface area contributed by atoms with Crippen molar-refractivity contribution >= 4 is 17.3 Å². The minimum absolute atomic E-state index is 0.0416. The number of rotatable bonds is 5. The lowest BCUT2D eigenvalue weighted by molar-refractivity contribution is -0.116. The summed E-state index contributed by atoms with van der Waals surface area (Å²) in [5, 5.41) is 2.99. The van der Waals surface area contributed by atoms with Gasteiger partial charge in [-0.15, -0.1) is 0 Å². The quantitative estimate of drug-likeness (QED) is 0.916. The second-order valence-corrected chi connectivity index (χ2v) is 5.79. The summed E-state index contributed by atoms with van der Waals surface area (Å²) in [4.78, 5) is 14.5. The summed E-state index contributed by atoms with van der Waals surface area (Å²) >= 11 is 0. The number of carbonyl (C=O) groups is 1. The highest BCUT2D eigenvalue weighted by molar-refractivity contribution is 5.94. The maximum atomic E-state index is 12.9. The number of benzene rings is 2. The van der Waals surface area contributed by atoms with Crippen molar-refractivity contribution in [3.8, 4) is 0 Å². The van der Waals surface area contributed by atoms with E-state index >= 15 is 0 Å². The Morgan fingerprint density at radius 1 is 1.08 bits per heavy atom. The molecular formula is C19H21FN2O2. The van der Waals surface area contributed by atoms with Crippen molar-refractivity contribution in [2.24, 2.45) is 0 Å². The first kappa shape index (κ1) is 16.5. The van der Waals surface area contributed by atoms with E-state index in [9.17, 15) is 9.18 Å². The number of nitrogens with zero attached hydrogens (tertiary/aromatic N) is 1. The van der Waals surface area contributed by atoms with E-state index in [1.165, 1.54) is 12.1 Å². The van der Waals surface area contributed by atoms with Gasteiger partial charge in [0.25, 0.3) is 0 Å². The molecule has 2 aromatic rings. The lowest BCUT2D eigenvalue weighted by atomic mass is 10.1. The van der Waals surface area contributed by atoms with Gasteiger partial charge in [0.1, 0.15) is 5.82 Å². The molecule has 1 fully saturated rings. The fourth-order valence-electron chi connectivity index (χ4n) is 2.78. The smallest absolute Gasteiger partial charge is 0.224 e. The Bertz CT molecular complexity index is 682. The molecule has 0 spiro atoms. The Morgan fingerprint density at radius 2 is 1.79 bits per heavy atom. The van der Waals surface area contributed by atoms with Crippen LogP contribution in [0.15, 0.2) is 48.5 Å². The third kappa shape index (κ3) is 4.32. The highest BCUT2D eigenvalue weighted by atomic mass is 19.1. The fraction of sp³-hybridized carbons (Fsp3) is 0.316.